The first-order chi connectivity index (χ1) is 39.9. The average Bonchev–Trinajstić information content (AvgIpc) is 3.74. The number of likely N-dealkylation sites (N-methyl/N-ethyl adjacent to an activating group) is 1. The topological polar surface area (TPSA) is 413 Å². The van der Waals surface area contributed by atoms with E-state index in [1.165, 1.54) is 13.0 Å². The second kappa shape index (κ2) is 34.4. The number of hydrogen-bond donors (Lipinski definition) is 14. The lowest BCUT2D eigenvalue weighted by molar-refractivity contribution is -0.151. The van der Waals surface area contributed by atoms with Crippen LogP contribution in [-0.2, 0) is 68.7 Å². The van der Waals surface area contributed by atoms with Gasteiger partial charge >= 0.3 is 5.97 Å². The molecule has 2 fully saturated rings. The fourth-order valence-corrected chi connectivity index (χ4v) is 9.31. The number of nitrogens with two attached hydrogens (primary N) is 1. The summed E-state index contributed by atoms with van der Waals surface area (Å²) in [4.78, 5) is 163. The highest BCUT2D eigenvalue weighted by Gasteiger charge is 2.60. The summed E-state index contributed by atoms with van der Waals surface area (Å²) < 4.78 is 5.58. The van der Waals surface area contributed by atoms with Crippen LogP contribution in [0.5, 0.6) is 0 Å². The molecule has 27 nitrogen and oxygen atoms in total. The van der Waals surface area contributed by atoms with Gasteiger partial charge in [-0.1, -0.05) is 104 Å². The van der Waals surface area contributed by atoms with Crippen LogP contribution in [-0.4, -0.2) is 180 Å². The Morgan fingerprint density at radius 3 is 1.83 bits per heavy atom. The molecule has 1 saturated heterocycles. The third-order valence-corrected chi connectivity index (χ3v) is 15.4. The first-order valence-corrected chi connectivity index (χ1v) is 28.8. The number of ether oxygens (including phenoxy) is 1. The number of aliphatic hydroxyl groups is 2. The van der Waals surface area contributed by atoms with E-state index in [9.17, 15) is 67.7 Å². The highest BCUT2D eigenvalue weighted by molar-refractivity contribution is 6.00. The number of carbonyl (C=O) groups excluding carboxylic acids is 12. The zero-order valence-electron chi connectivity index (χ0n) is 49.6. The molecule has 1 aromatic rings. The maximum atomic E-state index is 14.3. The third kappa shape index (κ3) is 20.5. The van der Waals surface area contributed by atoms with Gasteiger partial charge in [0.1, 0.15) is 72.3 Å². The van der Waals surface area contributed by atoms with E-state index in [1.54, 1.807) is 48.6 Å². The quantitative estimate of drug-likeness (QED) is 0.0188. The molecule has 10 amide bonds. The molecule has 0 unspecified atom stereocenters. The molecule has 1 aliphatic heterocycles. The van der Waals surface area contributed by atoms with Gasteiger partial charge in [0.15, 0.2) is 0 Å². The second-order valence-electron chi connectivity index (χ2n) is 21.8. The number of aldehydes is 1. The standard InChI is InChI=1S/C57H90N12O15/c1-10-18-38(62-47(75)37(59-9)23-22-35-20-16-15-17-21-35)48(76)65-41(27-70)51(79)64-40(24-25-43(58)73)49(77)63-39(19-11-2)50(78)66-44(32(6)12-3)53(81)68-56(30-71,31-72)29-60-42-28-84-54(82)45(33(7)13-4)67-55(83)57(26-36(57)14-5)69-46(74)34(8)61-52(42)80/h14-17,20-21,30,32-34,36-42,44-45,59-60,70,72H,5,10-13,18-19,22-29,31H2,1-4,6-9H3,(H2,58,73)(H,61,80)(H,62,75)(H,63,77)(H,64,79)(H,65,76)(H,66,78)(H,67,83)(H,68,81)(H,69,74)/t32-,33-,34-,36-,37+,38-,39+,40+,41-,42+,44-,45-,56+,57-/m0/s1. The SMILES string of the molecule is C=C[C@H]1C[C@]12NC(=O)[C@H](C)NC(=O)[C@H](NC[C@@](C=O)(CO)NC(=O)[C@@H](NC(=O)[C@@H](CCC)NC(=O)[C@@H](CCC(N)=O)NC(=O)[C@H](CO)NC(=O)[C@H](CCC)NC(=O)[C@@H](CCc1ccccc1)NC)[C@@H](C)CC)COC(=O)[C@H]([C@@H](C)CC)NC2=O. The summed E-state index contributed by atoms with van der Waals surface area (Å²) in [5.74, 6) is -10.8. The molecule has 0 bridgehead atoms. The highest BCUT2D eigenvalue weighted by atomic mass is 16.5. The Balaban J connectivity index is 1.80. The van der Waals surface area contributed by atoms with Gasteiger partial charge in [0.05, 0.1) is 19.3 Å². The van der Waals surface area contributed by atoms with Gasteiger partial charge in [-0.3, -0.25) is 47.9 Å². The molecule has 0 radical (unpaired) electrons. The molecule has 2 aliphatic rings. The summed E-state index contributed by atoms with van der Waals surface area (Å²) in [5.41, 5.74) is 2.80. The monoisotopic (exact) mass is 1180 g/mol. The van der Waals surface area contributed by atoms with E-state index in [4.69, 9.17) is 10.5 Å². The van der Waals surface area contributed by atoms with E-state index in [2.05, 4.69) is 65.1 Å². The first kappa shape index (κ1) is 70.9. The Kier molecular flexibility index (Phi) is 29.1. The fraction of sp³-hybridized carbons (Fsp3) is 0.649. The fourth-order valence-electron chi connectivity index (χ4n) is 9.31. The molecule has 15 N–H and O–H groups in total. The third-order valence-electron chi connectivity index (χ3n) is 15.4. The Labute approximate surface area is 490 Å². The van der Waals surface area contributed by atoms with Gasteiger partial charge in [-0.15, -0.1) is 6.58 Å². The van der Waals surface area contributed by atoms with Crippen molar-refractivity contribution in [3.63, 3.8) is 0 Å². The Bertz CT molecular complexity index is 2470. The number of amides is 10. The highest BCUT2D eigenvalue weighted by Crippen LogP contribution is 2.45. The minimum absolute atomic E-state index is 0.0305. The normalized spacial score (nSPS) is 22.5. The first-order valence-electron chi connectivity index (χ1n) is 28.8. The number of aliphatic hydroxyl groups excluding tert-OH is 2. The lowest BCUT2D eigenvalue weighted by atomic mass is 9.95. The molecule has 14 atom stereocenters. The van der Waals surface area contributed by atoms with E-state index < -0.39 is 187 Å². The van der Waals surface area contributed by atoms with E-state index in [0.717, 1.165) is 5.56 Å². The van der Waals surface area contributed by atoms with Crippen molar-refractivity contribution in [2.24, 2.45) is 23.5 Å². The van der Waals surface area contributed by atoms with Crippen LogP contribution >= 0.6 is 0 Å². The minimum Gasteiger partial charge on any atom is -0.462 e. The van der Waals surface area contributed by atoms with E-state index in [-0.39, 0.29) is 38.4 Å². The predicted octanol–water partition coefficient (Wildman–Crippen LogP) is -2.81. The lowest BCUT2D eigenvalue weighted by Crippen LogP contribution is -2.66. The van der Waals surface area contributed by atoms with E-state index >= 15 is 0 Å². The number of nitrogens with one attached hydrogen (secondary N) is 11. The smallest absolute Gasteiger partial charge is 0.328 e. The summed E-state index contributed by atoms with van der Waals surface area (Å²) in [5, 5.41) is 49.8. The maximum Gasteiger partial charge on any atom is 0.328 e. The number of carbonyl (C=O) groups is 12. The van der Waals surface area contributed by atoms with Gasteiger partial charge in [-0.25, -0.2) is 4.79 Å². The van der Waals surface area contributed by atoms with Crippen LogP contribution in [0.3, 0.4) is 0 Å². The largest absolute Gasteiger partial charge is 0.462 e. The van der Waals surface area contributed by atoms with Gasteiger partial charge in [0.2, 0.25) is 59.1 Å². The minimum atomic E-state index is -2.20. The van der Waals surface area contributed by atoms with Crippen LogP contribution in [0.25, 0.3) is 0 Å². The second-order valence-corrected chi connectivity index (χ2v) is 21.8. The van der Waals surface area contributed by atoms with Gasteiger partial charge < -0.3 is 84.0 Å². The van der Waals surface area contributed by atoms with Crippen molar-refractivity contribution in [1.29, 1.82) is 0 Å². The van der Waals surface area contributed by atoms with Crippen LogP contribution in [0, 0.1) is 17.8 Å². The number of aryl methyl sites for hydroxylation is 1. The van der Waals surface area contributed by atoms with Crippen molar-refractivity contribution < 1.29 is 72.5 Å². The molecule has 27 heteroatoms. The van der Waals surface area contributed by atoms with Gasteiger partial charge in [-0.05, 0) is 69.9 Å². The zero-order chi connectivity index (χ0) is 62.9. The molecule has 1 aromatic carbocycles. The van der Waals surface area contributed by atoms with Gasteiger partial charge in [0.25, 0.3) is 0 Å². The van der Waals surface area contributed by atoms with E-state index in [1.807, 2.05) is 30.3 Å². The van der Waals surface area contributed by atoms with Crippen LogP contribution in [0.4, 0.5) is 0 Å². The van der Waals surface area contributed by atoms with Crippen molar-refractivity contribution in [3.05, 3.63) is 48.6 Å². The number of cyclic esters (lactones) is 1. The zero-order valence-corrected chi connectivity index (χ0v) is 49.6. The molecule has 468 valence electrons. The van der Waals surface area contributed by atoms with Crippen molar-refractivity contribution in [3.8, 4) is 0 Å². The molecule has 1 heterocycles. The molecular weight excluding hydrogens is 1090 g/mol. The molecule has 1 saturated carbocycles. The average molecular weight is 1180 g/mol. The van der Waals surface area contributed by atoms with Crippen molar-refractivity contribution >= 4 is 71.3 Å². The number of benzene rings is 1. The summed E-state index contributed by atoms with van der Waals surface area (Å²) in [6.45, 7) is 12.0. The molecule has 1 aliphatic carbocycles. The van der Waals surface area contributed by atoms with Crippen molar-refractivity contribution in [1.82, 2.24) is 58.5 Å². The van der Waals surface area contributed by atoms with Crippen molar-refractivity contribution in [2.75, 3.05) is 33.4 Å². The lowest BCUT2D eigenvalue weighted by Gasteiger charge is -2.33. The van der Waals surface area contributed by atoms with Crippen molar-refractivity contribution in [2.45, 2.75) is 185 Å². The van der Waals surface area contributed by atoms with Crippen LogP contribution in [0.1, 0.15) is 118 Å². The van der Waals surface area contributed by atoms with Crippen LogP contribution in [0.2, 0.25) is 0 Å². The number of hydrogen-bond acceptors (Lipinski definition) is 17. The Morgan fingerprint density at radius 1 is 0.774 bits per heavy atom. The summed E-state index contributed by atoms with van der Waals surface area (Å²) in [6.07, 6.45) is 3.60. The molecule has 1 spiro atoms. The molecule has 3 rings (SSSR count). The summed E-state index contributed by atoms with van der Waals surface area (Å²) >= 11 is 0. The Morgan fingerprint density at radius 2 is 1.33 bits per heavy atom. The summed E-state index contributed by atoms with van der Waals surface area (Å²) in [6, 6.07) is -2.35. The van der Waals surface area contributed by atoms with Crippen LogP contribution < -0.4 is 64.2 Å². The number of primary amides is 1. The maximum absolute atomic E-state index is 14.3. The van der Waals surface area contributed by atoms with Crippen LogP contribution in [0.15, 0.2) is 43.0 Å². The van der Waals surface area contributed by atoms with Gasteiger partial charge in [0, 0.05) is 18.9 Å². The van der Waals surface area contributed by atoms with E-state index in [0.29, 0.717) is 25.7 Å². The number of rotatable bonds is 34. The summed E-state index contributed by atoms with van der Waals surface area (Å²) in [7, 11) is 1.61. The predicted molar refractivity (Wildman–Crippen MR) is 307 cm³/mol. The van der Waals surface area contributed by atoms with Gasteiger partial charge in [-0.2, -0.15) is 0 Å². The Hall–Kier alpha value is -7.36. The molecule has 84 heavy (non-hydrogen) atoms. The molecular formula is C57H90N12O15. The number of esters is 1. The molecule has 0 aromatic heterocycles.